The van der Waals surface area contributed by atoms with Gasteiger partial charge >= 0.3 is 0 Å². The molecular weight excluding hydrogens is 410 g/mol. The average Bonchev–Trinajstić information content (AvgIpc) is 3.35. The molecule has 8 heteroatoms. The van der Waals surface area contributed by atoms with E-state index in [0.717, 1.165) is 37.1 Å². The van der Waals surface area contributed by atoms with Crippen LogP contribution in [0.1, 0.15) is 45.9 Å². The third kappa shape index (κ3) is 5.71. The lowest BCUT2D eigenvalue weighted by Crippen LogP contribution is -2.18. The second-order valence-corrected chi connectivity index (χ2v) is 9.15. The van der Waals surface area contributed by atoms with Crippen LogP contribution in [0.25, 0.3) is 0 Å². The maximum atomic E-state index is 13.1. The standard InChI is InChI=1S/C23H29N5O2S/c1-27(2)13-8-14-30-21-15-19(28(26-21)16-17-9-4-3-5-10-17)22(29)25-23-24-18-11-6-7-12-20(18)31-23/h3-5,9-10,15H,6-8,11-14,16H2,1-2H3,(H,24,25,29). The van der Waals surface area contributed by atoms with Crippen LogP contribution < -0.4 is 10.1 Å². The van der Waals surface area contributed by atoms with Gasteiger partial charge in [0.1, 0.15) is 5.69 Å². The quantitative estimate of drug-likeness (QED) is 0.513. The molecule has 164 valence electrons. The zero-order valence-electron chi connectivity index (χ0n) is 18.1. The minimum Gasteiger partial charge on any atom is -0.477 e. The van der Waals surface area contributed by atoms with Crippen molar-refractivity contribution in [1.82, 2.24) is 19.7 Å². The molecular formula is C23H29N5O2S. The van der Waals surface area contributed by atoms with Gasteiger partial charge in [-0.05, 0) is 51.8 Å². The highest BCUT2D eigenvalue weighted by atomic mass is 32.1. The summed E-state index contributed by atoms with van der Waals surface area (Å²) < 4.78 is 7.54. The molecule has 4 rings (SSSR count). The van der Waals surface area contributed by atoms with Crippen LogP contribution in [0.2, 0.25) is 0 Å². The first-order valence-corrected chi connectivity index (χ1v) is 11.6. The second kappa shape index (κ2) is 10.1. The van der Waals surface area contributed by atoms with E-state index in [9.17, 15) is 4.79 Å². The molecule has 0 fully saturated rings. The molecule has 0 unspecified atom stereocenters. The van der Waals surface area contributed by atoms with Crippen LogP contribution in [-0.4, -0.2) is 52.8 Å². The van der Waals surface area contributed by atoms with E-state index in [4.69, 9.17) is 4.74 Å². The molecule has 2 heterocycles. The summed E-state index contributed by atoms with van der Waals surface area (Å²) in [4.78, 5) is 21.1. The van der Waals surface area contributed by atoms with Gasteiger partial charge < -0.3 is 9.64 Å². The van der Waals surface area contributed by atoms with Gasteiger partial charge in [-0.25, -0.2) is 4.98 Å². The minimum atomic E-state index is -0.210. The first-order chi connectivity index (χ1) is 15.1. The van der Waals surface area contributed by atoms with E-state index >= 15 is 0 Å². The second-order valence-electron chi connectivity index (χ2n) is 8.07. The van der Waals surface area contributed by atoms with Gasteiger partial charge in [-0.2, -0.15) is 0 Å². The smallest absolute Gasteiger partial charge is 0.275 e. The fourth-order valence-electron chi connectivity index (χ4n) is 3.65. The number of anilines is 1. The van der Waals surface area contributed by atoms with Crippen LogP contribution in [0.15, 0.2) is 36.4 Å². The van der Waals surface area contributed by atoms with Crippen molar-refractivity contribution in [3.05, 3.63) is 58.2 Å². The number of thiazole rings is 1. The normalized spacial score (nSPS) is 13.3. The van der Waals surface area contributed by atoms with Crippen molar-refractivity contribution in [2.75, 3.05) is 32.6 Å². The SMILES string of the molecule is CN(C)CCCOc1cc(C(=O)Nc2nc3c(s2)CCCC3)n(Cc2ccccc2)n1. The van der Waals surface area contributed by atoms with Crippen LogP contribution in [0.4, 0.5) is 5.13 Å². The lowest BCUT2D eigenvalue weighted by Gasteiger charge is -2.08. The molecule has 2 aromatic heterocycles. The molecule has 7 nitrogen and oxygen atoms in total. The first kappa shape index (κ1) is 21.5. The fourth-order valence-corrected chi connectivity index (χ4v) is 4.69. The number of benzene rings is 1. The van der Waals surface area contributed by atoms with Gasteiger partial charge in [-0.1, -0.05) is 30.3 Å². The summed E-state index contributed by atoms with van der Waals surface area (Å²) >= 11 is 1.59. The Labute approximate surface area is 187 Å². The topological polar surface area (TPSA) is 72.3 Å². The molecule has 1 N–H and O–H groups in total. The number of hydrogen-bond donors (Lipinski definition) is 1. The van der Waals surface area contributed by atoms with Gasteiger partial charge in [0.2, 0.25) is 5.88 Å². The van der Waals surface area contributed by atoms with Crippen LogP contribution in [0.3, 0.4) is 0 Å². The van der Waals surface area contributed by atoms with E-state index in [1.165, 1.54) is 17.7 Å². The highest BCUT2D eigenvalue weighted by Gasteiger charge is 2.20. The molecule has 1 aromatic carbocycles. The summed E-state index contributed by atoms with van der Waals surface area (Å²) in [5.41, 5.74) is 2.68. The summed E-state index contributed by atoms with van der Waals surface area (Å²) in [6.07, 6.45) is 5.31. The lowest BCUT2D eigenvalue weighted by atomic mass is 10.0. The van der Waals surface area contributed by atoms with Gasteiger partial charge in [0.15, 0.2) is 5.13 Å². The maximum Gasteiger partial charge on any atom is 0.275 e. The van der Waals surface area contributed by atoms with Crippen molar-refractivity contribution >= 4 is 22.4 Å². The van der Waals surface area contributed by atoms with Gasteiger partial charge in [-0.3, -0.25) is 14.8 Å². The number of carbonyl (C=O) groups excluding carboxylic acids is 1. The summed E-state index contributed by atoms with van der Waals surface area (Å²) in [6.45, 7) is 1.99. The molecule has 0 saturated carbocycles. The fraction of sp³-hybridized carbons (Fsp3) is 0.435. The Morgan fingerprint density at radius 3 is 2.81 bits per heavy atom. The van der Waals surface area contributed by atoms with E-state index in [-0.39, 0.29) is 5.91 Å². The summed E-state index contributed by atoms with van der Waals surface area (Å²) in [6, 6.07) is 11.7. The molecule has 0 atom stereocenters. The predicted molar refractivity (Wildman–Crippen MR) is 123 cm³/mol. The van der Waals surface area contributed by atoms with Gasteiger partial charge in [-0.15, -0.1) is 16.4 Å². The monoisotopic (exact) mass is 439 g/mol. The van der Waals surface area contributed by atoms with Crippen molar-refractivity contribution in [2.24, 2.45) is 0 Å². The Kier molecular flexibility index (Phi) is 6.99. The van der Waals surface area contributed by atoms with Crippen molar-refractivity contribution in [3.63, 3.8) is 0 Å². The van der Waals surface area contributed by atoms with Crippen LogP contribution in [0, 0.1) is 0 Å². The number of nitrogens with one attached hydrogen (secondary N) is 1. The van der Waals surface area contributed by atoms with Gasteiger partial charge in [0.05, 0.1) is 18.8 Å². The number of carbonyl (C=O) groups is 1. The zero-order chi connectivity index (χ0) is 21.6. The van der Waals surface area contributed by atoms with Gasteiger partial charge in [0, 0.05) is 17.5 Å². The number of fused-ring (bicyclic) bond motifs is 1. The molecule has 0 bridgehead atoms. The van der Waals surface area contributed by atoms with E-state index in [1.807, 2.05) is 44.4 Å². The number of aromatic nitrogens is 3. The Morgan fingerprint density at radius 1 is 1.23 bits per heavy atom. The molecule has 31 heavy (non-hydrogen) atoms. The zero-order valence-corrected chi connectivity index (χ0v) is 19.0. The minimum absolute atomic E-state index is 0.210. The van der Waals surface area contributed by atoms with E-state index in [0.29, 0.717) is 29.9 Å². The van der Waals surface area contributed by atoms with Crippen LogP contribution in [-0.2, 0) is 19.4 Å². The van der Waals surface area contributed by atoms with Crippen molar-refractivity contribution in [3.8, 4) is 5.88 Å². The van der Waals surface area contributed by atoms with Crippen molar-refractivity contribution in [2.45, 2.75) is 38.6 Å². The van der Waals surface area contributed by atoms with E-state index in [2.05, 4.69) is 20.3 Å². The van der Waals surface area contributed by atoms with Crippen LogP contribution >= 0.6 is 11.3 Å². The summed E-state index contributed by atoms with van der Waals surface area (Å²) in [5.74, 6) is 0.260. The maximum absolute atomic E-state index is 13.1. The third-order valence-electron chi connectivity index (χ3n) is 5.23. The predicted octanol–water partition coefficient (Wildman–Crippen LogP) is 3.85. The molecule has 1 aliphatic carbocycles. The Bertz CT molecular complexity index is 989. The van der Waals surface area contributed by atoms with Crippen LogP contribution in [0.5, 0.6) is 5.88 Å². The molecule has 3 aromatic rings. The number of hydrogen-bond acceptors (Lipinski definition) is 6. The average molecular weight is 440 g/mol. The third-order valence-corrected chi connectivity index (χ3v) is 6.30. The number of aryl methyl sites for hydroxylation is 2. The highest BCUT2D eigenvalue weighted by molar-refractivity contribution is 7.15. The molecule has 1 aliphatic rings. The molecule has 0 spiro atoms. The largest absolute Gasteiger partial charge is 0.477 e. The van der Waals surface area contributed by atoms with Crippen molar-refractivity contribution < 1.29 is 9.53 Å². The molecule has 0 radical (unpaired) electrons. The highest BCUT2D eigenvalue weighted by Crippen LogP contribution is 2.30. The Balaban J connectivity index is 1.50. The Morgan fingerprint density at radius 2 is 2.03 bits per heavy atom. The summed E-state index contributed by atoms with van der Waals surface area (Å²) in [7, 11) is 4.07. The number of amides is 1. The van der Waals surface area contributed by atoms with Crippen molar-refractivity contribution in [1.29, 1.82) is 0 Å². The van der Waals surface area contributed by atoms with E-state index in [1.54, 1.807) is 22.1 Å². The van der Waals surface area contributed by atoms with Gasteiger partial charge in [0.25, 0.3) is 5.91 Å². The molecule has 1 amide bonds. The lowest BCUT2D eigenvalue weighted by molar-refractivity contribution is 0.101. The summed E-state index contributed by atoms with van der Waals surface area (Å²) in [5, 5.41) is 8.20. The number of rotatable bonds is 9. The Hall–Kier alpha value is -2.71. The van der Waals surface area contributed by atoms with E-state index < -0.39 is 0 Å². The molecule has 0 saturated heterocycles. The first-order valence-electron chi connectivity index (χ1n) is 10.8. The number of ether oxygens (including phenoxy) is 1. The number of nitrogens with zero attached hydrogens (tertiary/aromatic N) is 4. The molecule has 0 aliphatic heterocycles.